The van der Waals surface area contributed by atoms with Gasteiger partial charge < -0.3 is 9.90 Å². The van der Waals surface area contributed by atoms with Crippen molar-refractivity contribution in [3.05, 3.63) is 11.6 Å². The Hall–Kier alpha value is -0.630. The SMILES string of the molecule is C/C=C(\C)[C@]1(O)C[C@@H]1CC=O. The minimum atomic E-state index is -0.643. The number of aliphatic hydroxyl groups is 1. The van der Waals surface area contributed by atoms with Crippen LogP contribution in [0.25, 0.3) is 0 Å². The summed E-state index contributed by atoms with van der Waals surface area (Å²) in [5, 5.41) is 9.76. The van der Waals surface area contributed by atoms with Crippen LogP contribution in [0.2, 0.25) is 0 Å². The van der Waals surface area contributed by atoms with Crippen LogP contribution in [0.3, 0.4) is 0 Å². The maximum absolute atomic E-state index is 10.1. The fourth-order valence-corrected chi connectivity index (χ4v) is 1.44. The second-order valence-corrected chi connectivity index (χ2v) is 3.20. The average Bonchev–Trinajstić information content (AvgIpc) is 2.63. The maximum Gasteiger partial charge on any atom is 0.120 e. The molecule has 1 aliphatic carbocycles. The van der Waals surface area contributed by atoms with Gasteiger partial charge in [-0.05, 0) is 25.8 Å². The first-order valence-corrected chi connectivity index (χ1v) is 3.94. The van der Waals surface area contributed by atoms with Gasteiger partial charge in [0, 0.05) is 12.3 Å². The predicted molar refractivity (Wildman–Crippen MR) is 43.2 cm³/mol. The molecule has 0 unspecified atom stereocenters. The quantitative estimate of drug-likeness (QED) is 0.491. The third-order valence-corrected chi connectivity index (χ3v) is 2.57. The average molecular weight is 154 g/mol. The van der Waals surface area contributed by atoms with E-state index in [0.29, 0.717) is 6.42 Å². The minimum Gasteiger partial charge on any atom is -0.385 e. The molecule has 11 heavy (non-hydrogen) atoms. The summed E-state index contributed by atoms with van der Waals surface area (Å²) in [6.07, 6.45) is 4.03. The summed E-state index contributed by atoms with van der Waals surface area (Å²) in [6.45, 7) is 3.81. The van der Waals surface area contributed by atoms with E-state index < -0.39 is 5.60 Å². The van der Waals surface area contributed by atoms with E-state index in [4.69, 9.17) is 0 Å². The molecule has 0 amide bonds. The van der Waals surface area contributed by atoms with Crippen molar-refractivity contribution in [1.29, 1.82) is 0 Å². The van der Waals surface area contributed by atoms with Crippen LogP contribution in [-0.4, -0.2) is 17.0 Å². The Morgan fingerprint density at radius 2 is 2.45 bits per heavy atom. The van der Waals surface area contributed by atoms with Gasteiger partial charge in [-0.25, -0.2) is 0 Å². The van der Waals surface area contributed by atoms with Crippen molar-refractivity contribution < 1.29 is 9.90 Å². The first-order chi connectivity index (χ1) is 5.15. The van der Waals surface area contributed by atoms with E-state index >= 15 is 0 Å². The van der Waals surface area contributed by atoms with Crippen molar-refractivity contribution in [2.75, 3.05) is 0 Å². The highest BCUT2D eigenvalue weighted by molar-refractivity contribution is 5.52. The number of allylic oxidation sites excluding steroid dienone is 1. The van der Waals surface area contributed by atoms with Crippen molar-refractivity contribution in [2.24, 2.45) is 5.92 Å². The molecule has 0 aliphatic heterocycles. The molecule has 0 aromatic rings. The Balaban J connectivity index is 2.55. The molecule has 2 nitrogen and oxygen atoms in total. The molecular weight excluding hydrogens is 140 g/mol. The molecule has 0 spiro atoms. The standard InChI is InChI=1S/C9H14O2/c1-3-7(2)9(11)6-8(9)4-5-10/h3,5,8,11H,4,6H2,1-2H3/b7-3+/t8-,9+/m0/s1. The number of carbonyl (C=O) groups is 1. The lowest BCUT2D eigenvalue weighted by Crippen LogP contribution is -2.12. The van der Waals surface area contributed by atoms with Crippen LogP contribution in [0.4, 0.5) is 0 Å². The summed E-state index contributed by atoms with van der Waals surface area (Å²) < 4.78 is 0. The van der Waals surface area contributed by atoms with Gasteiger partial charge >= 0.3 is 0 Å². The third-order valence-electron chi connectivity index (χ3n) is 2.57. The van der Waals surface area contributed by atoms with Crippen LogP contribution in [0.1, 0.15) is 26.7 Å². The molecule has 0 heterocycles. The molecule has 2 atom stereocenters. The van der Waals surface area contributed by atoms with Crippen molar-refractivity contribution in [1.82, 2.24) is 0 Å². The third kappa shape index (κ3) is 1.36. The van der Waals surface area contributed by atoms with Gasteiger partial charge in [0.15, 0.2) is 0 Å². The molecule has 0 saturated heterocycles. The lowest BCUT2D eigenvalue weighted by atomic mass is 10.1. The summed E-state index contributed by atoms with van der Waals surface area (Å²) >= 11 is 0. The van der Waals surface area contributed by atoms with Gasteiger partial charge in [0.1, 0.15) is 6.29 Å². The zero-order chi connectivity index (χ0) is 8.48. The number of aldehydes is 1. The number of hydrogen-bond donors (Lipinski definition) is 1. The van der Waals surface area contributed by atoms with Gasteiger partial charge in [0.25, 0.3) is 0 Å². The van der Waals surface area contributed by atoms with Crippen LogP contribution in [0.5, 0.6) is 0 Å². The van der Waals surface area contributed by atoms with E-state index in [2.05, 4.69) is 0 Å². The van der Waals surface area contributed by atoms with Gasteiger partial charge in [-0.3, -0.25) is 0 Å². The lowest BCUT2D eigenvalue weighted by molar-refractivity contribution is -0.108. The second kappa shape index (κ2) is 2.78. The fraction of sp³-hybridized carbons (Fsp3) is 0.667. The van der Waals surface area contributed by atoms with E-state index in [0.717, 1.165) is 18.3 Å². The minimum absolute atomic E-state index is 0.177. The first-order valence-electron chi connectivity index (χ1n) is 3.94. The van der Waals surface area contributed by atoms with Crippen molar-refractivity contribution in [3.63, 3.8) is 0 Å². The van der Waals surface area contributed by atoms with Gasteiger partial charge in [-0.2, -0.15) is 0 Å². The zero-order valence-electron chi connectivity index (χ0n) is 7.00. The Kier molecular flexibility index (Phi) is 2.14. The van der Waals surface area contributed by atoms with Gasteiger partial charge in [0.05, 0.1) is 5.60 Å². The van der Waals surface area contributed by atoms with Crippen LogP contribution in [0.15, 0.2) is 11.6 Å². The monoisotopic (exact) mass is 154 g/mol. The molecule has 1 rings (SSSR count). The largest absolute Gasteiger partial charge is 0.385 e. The first kappa shape index (κ1) is 8.47. The molecule has 0 bridgehead atoms. The van der Waals surface area contributed by atoms with Gasteiger partial charge in [0.2, 0.25) is 0 Å². The Bertz CT molecular complexity index is 196. The van der Waals surface area contributed by atoms with Gasteiger partial charge in [-0.15, -0.1) is 0 Å². The highest BCUT2D eigenvalue weighted by Gasteiger charge is 2.53. The highest BCUT2D eigenvalue weighted by Crippen LogP contribution is 2.50. The highest BCUT2D eigenvalue weighted by atomic mass is 16.3. The summed E-state index contributed by atoms with van der Waals surface area (Å²) in [4.78, 5) is 10.1. The van der Waals surface area contributed by atoms with E-state index in [1.807, 2.05) is 19.9 Å². The van der Waals surface area contributed by atoms with Crippen LogP contribution in [0, 0.1) is 5.92 Å². The number of hydrogen-bond acceptors (Lipinski definition) is 2. The second-order valence-electron chi connectivity index (χ2n) is 3.20. The summed E-state index contributed by atoms with van der Waals surface area (Å²) in [6, 6.07) is 0. The Morgan fingerprint density at radius 1 is 1.82 bits per heavy atom. The normalized spacial score (nSPS) is 37.0. The number of carbonyl (C=O) groups excluding carboxylic acids is 1. The molecule has 0 aromatic carbocycles. The lowest BCUT2D eigenvalue weighted by Gasteiger charge is -2.08. The summed E-state index contributed by atoms with van der Waals surface area (Å²) in [7, 11) is 0. The van der Waals surface area contributed by atoms with E-state index in [9.17, 15) is 9.90 Å². The number of rotatable bonds is 3. The van der Waals surface area contributed by atoms with E-state index in [1.165, 1.54) is 0 Å². The molecule has 1 saturated carbocycles. The molecule has 2 heteroatoms. The molecule has 1 N–H and O–H groups in total. The Morgan fingerprint density at radius 3 is 2.91 bits per heavy atom. The van der Waals surface area contributed by atoms with Crippen molar-refractivity contribution in [3.8, 4) is 0 Å². The van der Waals surface area contributed by atoms with Gasteiger partial charge in [-0.1, -0.05) is 6.08 Å². The summed E-state index contributed by atoms with van der Waals surface area (Å²) in [5.41, 5.74) is 0.347. The van der Waals surface area contributed by atoms with E-state index in [-0.39, 0.29) is 5.92 Å². The maximum atomic E-state index is 10.1. The molecular formula is C9H14O2. The molecule has 0 aromatic heterocycles. The Labute approximate surface area is 66.9 Å². The van der Waals surface area contributed by atoms with Crippen LogP contribution < -0.4 is 0 Å². The van der Waals surface area contributed by atoms with Crippen molar-refractivity contribution in [2.45, 2.75) is 32.3 Å². The molecule has 1 fully saturated rings. The summed E-state index contributed by atoms with van der Waals surface area (Å²) in [5.74, 6) is 0.177. The fourth-order valence-electron chi connectivity index (χ4n) is 1.44. The topological polar surface area (TPSA) is 37.3 Å². The van der Waals surface area contributed by atoms with E-state index in [1.54, 1.807) is 0 Å². The molecule has 0 radical (unpaired) electrons. The predicted octanol–water partition coefficient (Wildman–Crippen LogP) is 1.29. The smallest absolute Gasteiger partial charge is 0.120 e. The van der Waals surface area contributed by atoms with Crippen LogP contribution in [-0.2, 0) is 4.79 Å². The van der Waals surface area contributed by atoms with Crippen molar-refractivity contribution >= 4 is 6.29 Å². The van der Waals surface area contributed by atoms with Crippen LogP contribution >= 0.6 is 0 Å². The zero-order valence-corrected chi connectivity index (χ0v) is 7.00. The molecule has 1 aliphatic rings. The molecule has 62 valence electrons.